The molecule has 2 N–H and O–H groups in total. The first-order valence-corrected chi connectivity index (χ1v) is 7.22. The Kier molecular flexibility index (Phi) is 5.45. The van der Waals surface area contributed by atoms with Gasteiger partial charge in [-0.1, -0.05) is 12.1 Å². The number of amides is 1. The van der Waals surface area contributed by atoms with Gasteiger partial charge in [-0.15, -0.1) is 0 Å². The Morgan fingerprint density at radius 3 is 2.65 bits per heavy atom. The molecule has 0 atom stereocenters. The van der Waals surface area contributed by atoms with Gasteiger partial charge in [-0.25, -0.2) is 4.98 Å². The topological polar surface area (TPSA) is 102 Å². The van der Waals surface area contributed by atoms with Crippen molar-refractivity contribution in [2.24, 2.45) is 0 Å². The number of carbonyl (C=O) groups is 1. The monoisotopic (exact) mass is 367 g/mol. The van der Waals surface area contributed by atoms with Crippen LogP contribution in [0.2, 0.25) is 0 Å². The molecule has 1 aromatic carbocycles. The fourth-order valence-electron chi connectivity index (χ4n) is 1.64. The predicted molar refractivity (Wildman–Crippen MR) is 89.0 cm³/mol. The molecule has 23 heavy (non-hydrogen) atoms. The lowest BCUT2D eigenvalue weighted by atomic mass is 10.2. The van der Waals surface area contributed by atoms with Crippen LogP contribution in [0.4, 0.5) is 11.5 Å². The Labute approximate surface area is 141 Å². The maximum atomic E-state index is 12.1. The number of aromatic nitrogens is 1. The molecule has 7 heteroatoms. The van der Waals surface area contributed by atoms with Crippen LogP contribution in [0.5, 0.6) is 0 Å². The summed E-state index contributed by atoms with van der Waals surface area (Å²) in [6.45, 7) is 0. The molecule has 1 aromatic heterocycles. The highest BCUT2D eigenvalue weighted by molar-refractivity contribution is 9.10. The number of pyridine rings is 1. The van der Waals surface area contributed by atoms with Crippen molar-refractivity contribution >= 4 is 33.3 Å². The van der Waals surface area contributed by atoms with E-state index in [2.05, 4.69) is 31.5 Å². The van der Waals surface area contributed by atoms with Crippen molar-refractivity contribution in [3.05, 3.63) is 64.4 Å². The first-order chi connectivity index (χ1) is 11.1. The van der Waals surface area contributed by atoms with Crippen molar-refractivity contribution < 1.29 is 4.79 Å². The molecule has 0 saturated carbocycles. The molecule has 1 heterocycles. The predicted octanol–water partition coefficient (Wildman–Crippen LogP) is 3.17. The number of anilines is 2. The fourth-order valence-corrected chi connectivity index (χ4v) is 1.87. The van der Waals surface area contributed by atoms with Crippen LogP contribution in [-0.4, -0.2) is 10.9 Å². The van der Waals surface area contributed by atoms with Crippen LogP contribution in [0.3, 0.4) is 0 Å². The van der Waals surface area contributed by atoms with Gasteiger partial charge in [0.05, 0.1) is 11.3 Å². The lowest BCUT2D eigenvalue weighted by Gasteiger charge is -2.06. The zero-order chi connectivity index (χ0) is 16.7. The van der Waals surface area contributed by atoms with E-state index in [-0.39, 0.29) is 5.57 Å². The lowest BCUT2D eigenvalue weighted by molar-refractivity contribution is -0.112. The van der Waals surface area contributed by atoms with Crippen LogP contribution < -0.4 is 10.6 Å². The Morgan fingerprint density at radius 1 is 1.22 bits per heavy atom. The summed E-state index contributed by atoms with van der Waals surface area (Å²) in [5.74, 6) is -0.119. The van der Waals surface area contributed by atoms with Gasteiger partial charge in [0.1, 0.15) is 23.5 Å². The van der Waals surface area contributed by atoms with Crippen LogP contribution in [0.1, 0.15) is 5.56 Å². The van der Waals surface area contributed by atoms with Crippen molar-refractivity contribution in [3.8, 4) is 12.1 Å². The molecule has 0 aliphatic heterocycles. The van der Waals surface area contributed by atoms with E-state index < -0.39 is 5.91 Å². The SMILES string of the molecule is N#C/C(=C/Nc1ccc(Br)cn1)C(=O)Nc1ccccc1C#N. The summed E-state index contributed by atoms with van der Waals surface area (Å²) in [4.78, 5) is 16.2. The van der Waals surface area contributed by atoms with Crippen LogP contribution in [-0.2, 0) is 4.79 Å². The molecule has 0 aliphatic rings. The maximum Gasteiger partial charge on any atom is 0.267 e. The van der Waals surface area contributed by atoms with Gasteiger partial charge in [0.2, 0.25) is 0 Å². The van der Waals surface area contributed by atoms with E-state index in [1.165, 1.54) is 6.20 Å². The number of nitriles is 2. The minimum absolute atomic E-state index is 0.137. The molecule has 0 saturated heterocycles. The van der Waals surface area contributed by atoms with E-state index in [9.17, 15) is 4.79 Å². The Hall–Kier alpha value is -3.16. The van der Waals surface area contributed by atoms with Crippen LogP contribution in [0.15, 0.2) is 58.8 Å². The molecular formula is C16H10BrN5O. The summed E-state index contributed by atoms with van der Waals surface area (Å²) in [7, 11) is 0. The van der Waals surface area contributed by atoms with Gasteiger partial charge in [0.25, 0.3) is 5.91 Å². The van der Waals surface area contributed by atoms with Crippen LogP contribution in [0.25, 0.3) is 0 Å². The standard InChI is InChI=1S/C16H10BrN5O/c17-13-5-6-15(21-10-13)20-9-12(8-19)16(23)22-14-4-2-1-3-11(14)7-18/h1-6,9-10H,(H,20,21)(H,22,23)/b12-9-. The van der Waals surface area contributed by atoms with Gasteiger partial charge in [-0.05, 0) is 40.2 Å². The van der Waals surface area contributed by atoms with E-state index in [0.29, 0.717) is 17.1 Å². The van der Waals surface area contributed by atoms with E-state index in [0.717, 1.165) is 4.47 Å². The Bertz CT molecular complexity index is 831. The first kappa shape index (κ1) is 16.2. The molecule has 2 aromatic rings. The summed E-state index contributed by atoms with van der Waals surface area (Å²) < 4.78 is 0.818. The molecule has 0 unspecified atom stereocenters. The molecule has 0 aliphatic carbocycles. The number of hydrogen-bond acceptors (Lipinski definition) is 5. The number of nitrogens with zero attached hydrogens (tertiary/aromatic N) is 3. The number of halogens is 1. The Balaban J connectivity index is 2.12. The summed E-state index contributed by atoms with van der Waals surface area (Å²) in [5, 5.41) is 23.4. The molecule has 2 rings (SSSR count). The average molecular weight is 368 g/mol. The van der Waals surface area contributed by atoms with Gasteiger partial charge >= 0.3 is 0 Å². The van der Waals surface area contributed by atoms with Gasteiger partial charge in [0, 0.05) is 16.9 Å². The third-order valence-electron chi connectivity index (χ3n) is 2.75. The number of benzene rings is 1. The highest BCUT2D eigenvalue weighted by atomic mass is 79.9. The van der Waals surface area contributed by atoms with Crippen molar-refractivity contribution in [1.82, 2.24) is 4.98 Å². The van der Waals surface area contributed by atoms with Gasteiger partial charge in [0.15, 0.2) is 0 Å². The zero-order valence-corrected chi connectivity index (χ0v) is 13.3. The largest absolute Gasteiger partial charge is 0.345 e. The smallest absolute Gasteiger partial charge is 0.267 e. The lowest BCUT2D eigenvalue weighted by Crippen LogP contribution is -2.15. The van der Waals surface area contributed by atoms with Crippen LogP contribution >= 0.6 is 15.9 Å². The minimum Gasteiger partial charge on any atom is -0.345 e. The number of hydrogen-bond donors (Lipinski definition) is 2. The van der Waals surface area contributed by atoms with E-state index in [1.54, 1.807) is 42.6 Å². The maximum absolute atomic E-state index is 12.1. The van der Waals surface area contributed by atoms with Crippen LogP contribution in [0, 0.1) is 22.7 Å². The second kappa shape index (κ2) is 7.74. The number of rotatable bonds is 4. The summed E-state index contributed by atoms with van der Waals surface area (Å²) >= 11 is 3.26. The van der Waals surface area contributed by atoms with E-state index >= 15 is 0 Å². The quantitative estimate of drug-likeness (QED) is 0.638. The van der Waals surface area contributed by atoms with Crippen molar-refractivity contribution in [3.63, 3.8) is 0 Å². The number of carbonyl (C=O) groups excluding carboxylic acids is 1. The van der Waals surface area contributed by atoms with Gasteiger partial charge in [-0.3, -0.25) is 4.79 Å². The normalized spacial score (nSPS) is 10.3. The zero-order valence-electron chi connectivity index (χ0n) is 11.7. The van der Waals surface area contributed by atoms with Crippen molar-refractivity contribution in [2.75, 3.05) is 10.6 Å². The van der Waals surface area contributed by atoms with E-state index in [1.807, 2.05) is 12.1 Å². The highest BCUT2D eigenvalue weighted by Gasteiger charge is 2.11. The minimum atomic E-state index is -0.611. The number of nitrogens with one attached hydrogen (secondary N) is 2. The second-order valence-electron chi connectivity index (χ2n) is 4.29. The molecule has 112 valence electrons. The summed E-state index contributed by atoms with van der Waals surface area (Å²) in [5.41, 5.74) is 0.533. The molecule has 0 fully saturated rings. The molecule has 6 nitrogen and oxygen atoms in total. The summed E-state index contributed by atoms with van der Waals surface area (Å²) in [6, 6.07) is 13.8. The van der Waals surface area contributed by atoms with Gasteiger partial charge < -0.3 is 10.6 Å². The van der Waals surface area contributed by atoms with Gasteiger partial charge in [-0.2, -0.15) is 10.5 Å². The summed E-state index contributed by atoms with van der Waals surface area (Å²) in [6.07, 6.45) is 2.85. The average Bonchev–Trinajstić information content (AvgIpc) is 2.57. The highest BCUT2D eigenvalue weighted by Crippen LogP contribution is 2.15. The first-order valence-electron chi connectivity index (χ1n) is 6.43. The second-order valence-corrected chi connectivity index (χ2v) is 5.20. The van der Waals surface area contributed by atoms with Crippen molar-refractivity contribution in [2.45, 2.75) is 0 Å². The molecule has 0 spiro atoms. The van der Waals surface area contributed by atoms with Crippen molar-refractivity contribution in [1.29, 1.82) is 10.5 Å². The molecule has 0 radical (unpaired) electrons. The molecule has 0 bridgehead atoms. The fraction of sp³-hybridized carbons (Fsp3) is 0. The molecular weight excluding hydrogens is 358 g/mol. The third-order valence-corrected chi connectivity index (χ3v) is 3.22. The third kappa shape index (κ3) is 4.40. The molecule has 1 amide bonds. The number of para-hydroxylation sites is 1. The Morgan fingerprint density at radius 2 is 2.00 bits per heavy atom. The van der Waals surface area contributed by atoms with E-state index in [4.69, 9.17) is 10.5 Å².